The maximum Gasteiger partial charge on any atom is 0.320 e. The Hall–Kier alpha value is -0.570. The van der Waals surface area contributed by atoms with Crippen molar-refractivity contribution in [1.82, 2.24) is 4.90 Å². The molecular weight excluding hydrogens is 202 g/mol. The Morgan fingerprint density at radius 1 is 1.50 bits per heavy atom. The molecule has 3 heteroatoms. The second-order valence-corrected chi connectivity index (χ2v) is 5.28. The number of carboxylic acids is 1. The zero-order valence-electron chi connectivity index (χ0n) is 10.8. The summed E-state index contributed by atoms with van der Waals surface area (Å²) in [5.74, 6) is 0.715. The van der Waals surface area contributed by atoms with E-state index < -0.39 is 5.97 Å². The first-order chi connectivity index (χ1) is 7.56. The molecule has 1 aliphatic heterocycles. The van der Waals surface area contributed by atoms with Gasteiger partial charge in [-0.05, 0) is 31.2 Å². The van der Waals surface area contributed by atoms with Crippen molar-refractivity contribution in [2.45, 2.75) is 52.5 Å². The molecule has 1 saturated heterocycles. The highest BCUT2D eigenvalue weighted by molar-refractivity contribution is 5.73. The van der Waals surface area contributed by atoms with Crippen molar-refractivity contribution in [1.29, 1.82) is 0 Å². The molecule has 3 nitrogen and oxygen atoms in total. The van der Waals surface area contributed by atoms with Crippen LogP contribution < -0.4 is 0 Å². The Balaban J connectivity index is 2.50. The van der Waals surface area contributed by atoms with Gasteiger partial charge in [0.1, 0.15) is 6.04 Å². The third kappa shape index (κ3) is 3.48. The normalized spacial score (nSPS) is 23.9. The minimum absolute atomic E-state index is 0.247. The number of hydrogen-bond acceptors (Lipinski definition) is 2. The van der Waals surface area contributed by atoms with Crippen LogP contribution in [-0.2, 0) is 4.79 Å². The molecule has 94 valence electrons. The Bertz CT molecular complexity index is 228. The monoisotopic (exact) mass is 227 g/mol. The van der Waals surface area contributed by atoms with Crippen molar-refractivity contribution in [3.05, 3.63) is 0 Å². The molecule has 0 aliphatic carbocycles. The molecule has 0 aromatic carbocycles. The van der Waals surface area contributed by atoms with Crippen LogP contribution in [0.4, 0.5) is 0 Å². The van der Waals surface area contributed by atoms with Crippen molar-refractivity contribution in [3.63, 3.8) is 0 Å². The second kappa shape index (κ2) is 6.24. The first kappa shape index (κ1) is 13.5. The van der Waals surface area contributed by atoms with Gasteiger partial charge in [0.2, 0.25) is 0 Å². The summed E-state index contributed by atoms with van der Waals surface area (Å²) in [5, 5.41) is 9.24. The number of aliphatic carboxylic acids is 1. The summed E-state index contributed by atoms with van der Waals surface area (Å²) >= 11 is 0. The summed E-state index contributed by atoms with van der Waals surface area (Å²) in [4.78, 5) is 13.4. The molecule has 0 aromatic rings. The fourth-order valence-corrected chi connectivity index (χ4v) is 2.50. The highest BCUT2D eigenvalue weighted by atomic mass is 16.4. The van der Waals surface area contributed by atoms with E-state index in [-0.39, 0.29) is 6.04 Å². The van der Waals surface area contributed by atoms with Crippen molar-refractivity contribution in [2.75, 3.05) is 13.1 Å². The van der Waals surface area contributed by atoms with Crippen molar-refractivity contribution in [2.24, 2.45) is 11.8 Å². The molecule has 2 atom stereocenters. The molecule has 2 unspecified atom stereocenters. The molecule has 1 fully saturated rings. The molecular formula is C13H25NO2. The molecule has 0 saturated carbocycles. The van der Waals surface area contributed by atoms with Crippen LogP contribution in [0.15, 0.2) is 0 Å². The van der Waals surface area contributed by atoms with Gasteiger partial charge in [-0.15, -0.1) is 0 Å². The molecule has 0 aromatic heterocycles. The van der Waals surface area contributed by atoms with Gasteiger partial charge < -0.3 is 5.11 Å². The van der Waals surface area contributed by atoms with Gasteiger partial charge in [-0.2, -0.15) is 0 Å². The second-order valence-electron chi connectivity index (χ2n) is 5.28. The molecule has 1 heterocycles. The van der Waals surface area contributed by atoms with Crippen LogP contribution in [0, 0.1) is 11.8 Å². The van der Waals surface area contributed by atoms with Crippen molar-refractivity contribution >= 4 is 5.97 Å². The van der Waals surface area contributed by atoms with E-state index in [9.17, 15) is 9.90 Å². The average Bonchev–Trinajstić information content (AvgIpc) is 2.67. The first-order valence-corrected chi connectivity index (χ1v) is 6.53. The Morgan fingerprint density at radius 2 is 2.19 bits per heavy atom. The van der Waals surface area contributed by atoms with Gasteiger partial charge in [-0.1, -0.05) is 33.6 Å². The van der Waals surface area contributed by atoms with E-state index in [0.29, 0.717) is 11.8 Å². The lowest BCUT2D eigenvalue weighted by atomic mass is 9.95. The molecule has 16 heavy (non-hydrogen) atoms. The lowest BCUT2D eigenvalue weighted by Crippen LogP contribution is -2.40. The summed E-state index contributed by atoms with van der Waals surface area (Å²) in [6.45, 7) is 8.51. The zero-order valence-corrected chi connectivity index (χ0v) is 10.8. The quantitative estimate of drug-likeness (QED) is 0.758. The molecule has 1 N–H and O–H groups in total. The highest BCUT2D eigenvalue weighted by Crippen LogP contribution is 2.26. The number of hydrogen-bond donors (Lipinski definition) is 1. The van der Waals surface area contributed by atoms with E-state index in [0.717, 1.165) is 38.8 Å². The molecule has 0 bridgehead atoms. The maximum absolute atomic E-state index is 11.2. The maximum atomic E-state index is 11.2. The van der Waals surface area contributed by atoms with Gasteiger partial charge in [-0.25, -0.2) is 0 Å². The fourth-order valence-electron chi connectivity index (χ4n) is 2.50. The number of carbonyl (C=O) groups is 1. The minimum atomic E-state index is -0.641. The summed E-state index contributed by atoms with van der Waals surface area (Å²) in [7, 11) is 0. The van der Waals surface area contributed by atoms with Crippen LogP contribution in [0.2, 0.25) is 0 Å². The minimum Gasteiger partial charge on any atom is -0.480 e. The summed E-state index contributed by atoms with van der Waals surface area (Å²) in [6, 6.07) is -0.247. The summed E-state index contributed by atoms with van der Waals surface area (Å²) in [6.07, 6.45) is 4.05. The van der Waals surface area contributed by atoms with Gasteiger partial charge in [0.05, 0.1) is 0 Å². The van der Waals surface area contributed by atoms with Crippen LogP contribution in [-0.4, -0.2) is 35.1 Å². The van der Waals surface area contributed by atoms with Crippen LogP contribution in [0.25, 0.3) is 0 Å². The summed E-state index contributed by atoms with van der Waals surface area (Å²) in [5.41, 5.74) is 0. The summed E-state index contributed by atoms with van der Waals surface area (Å²) < 4.78 is 0. The van der Waals surface area contributed by atoms with E-state index >= 15 is 0 Å². The number of carboxylic acid groups (broad SMARTS) is 1. The van der Waals surface area contributed by atoms with E-state index in [2.05, 4.69) is 25.7 Å². The third-order valence-electron chi connectivity index (χ3n) is 3.76. The first-order valence-electron chi connectivity index (χ1n) is 6.53. The third-order valence-corrected chi connectivity index (χ3v) is 3.76. The van der Waals surface area contributed by atoms with Gasteiger partial charge in [0.25, 0.3) is 0 Å². The lowest BCUT2D eigenvalue weighted by molar-refractivity contribution is -0.143. The predicted molar refractivity (Wildman–Crippen MR) is 65.5 cm³/mol. The van der Waals surface area contributed by atoms with E-state index in [1.54, 1.807) is 0 Å². The molecule has 0 radical (unpaired) electrons. The van der Waals surface area contributed by atoms with Gasteiger partial charge in [0, 0.05) is 6.54 Å². The molecule has 1 aliphatic rings. The van der Waals surface area contributed by atoms with Gasteiger partial charge >= 0.3 is 5.97 Å². The van der Waals surface area contributed by atoms with E-state index in [1.165, 1.54) is 0 Å². The van der Waals surface area contributed by atoms with Crippen LogP contribution >= 0.6 is 0 Å². The van der Waals surface area contributed by atoms with Gasteiger partial charge in [-0.3, -0.25) is 9.69 Å². The fraction of sp³-hybridized carbons (Fsp3) is 0.923. The average molecular weight is 227 g/mol. The number of likely N-dealkylation sites (tertiary alicyclic amines) is 1. The molecule has 1 rings (SSSR count). The van der Waals surface area contributed by atoms with E-state index in [4.69, 9.17) is 0 Å². The van der Waals surface area contributed by atoms with E-state index in [1.807, 2.05) is 0 Å². The SMILES string of the molecule is CCCCC(C(=O)O)N1CCC(C(C)C)C1. The van der Waals surface area contributed by atoms with Crippen molar-refractivity contribution < 1.29 is 9.90 Å². The van der Waals surface area contributed by atoms with Crippen molar-refractivity contribution in [3.8, 4) is 0 Å². The molecule has 0 amide bonds. The largest absolute Gasteiger partial charge is 0.480 e. The van der Waals surface area contributed by atoms with Crippen LogP contribution in [0.1, 0.15) is 46.5 Å². The molecule has 0 spiro atoms. The zero-order chi connectivity index (χ0) is 12.1. The lowest BCUT2D eigenvalue weighted by Gasteiger charge is -2.24. The number of unbranched alkanes of at least 4 members (excludes halogenated alkanes) is 1. The predicted octanol–water partition coefficient (Wildman–Crippen LogP) is 2.61. The van der Waals surface area contributed by atoms with Gasteiger partial charge in [0.15, 0.2) is 0 Å². The highest BCUT2D eigenvalue weighted by Gasteiger charge is 2.32. The Morgan fingerprint density at radius 3 is 2.62 bits per heavy atom. The Kier molecular flexibility index (Phi) is 5.26. The Labute approximate surface area is 98.8 Å². The topological polar surface area (TPSA) is 40.5 Å². The van der Waals surface area contributed by atoms with Crippen LogP contribution in [0.3, 0.4) is 0 Å². The number of rotatable bonds is 6. The smallest absolute Gasteiger partial charge is 0.320 e. The van der Waals surface area contributed by atoms with Crippen LogP contribution in [0.5, 0.6) is 0 Å². The standard InChI is InChI=1S/C13H25NO2/c1-4-5-6-12(13(15)16)14-8-7-11(9-14)10(2)3/h10-12H,4-9H2,1-3H3,(H,15,16). The number of nitrogens with zero attached hydrogens (tertiary/aromatic N) is 1.